The minimum absolute atomic E-state index is 0.227. The highest BCUT2D eigenvalue weighted by molar-refractivity contribution is 4.89. The van der Waals surface area contributed by atoms with Gasteiger partial charge in [-0.25, -0.2) is 0 Å². The van der Waals surface area contributed by atoms with E-state index in [0.717, 1.165) is 12.8 Å². The Morgan fingerprint density at radius 1 is 1.17 bits per heavy atom. The van der Waals surface area contributed by atoms with Crippen molar-refractivity contribution in [1.82, 2.24) is 0 Å². The van der Waals surface area contributed by atoms with Crippen molar-refractivity contribution in [3.05, 3.63) is 12.2 Å². The van der Waals surface area contributed by atoms with E-state index in [1.807, 2.05) is 19.1 Å². The summed E-state index contributed by atoms with van der Waals surface area (Å²) in [6, 6.07) is 0. The van der Waals surface area contributed by atoms with Crippen LogP contribution in [-0.4, -0.2) is 11.2 Å². The summed E-state index contributed by atoms with van der Waals surface area (Å²) in [4.78, 5) is 0. The van der Waals surface area contributed by atoms with Crippen molar-refractivity contribution >= 4 is 0 Å². The Morgan fingerprint density at radius 2 is 1.67 bits per heavy atom. The van der Waals surface area contributed by atoms with Gasteiger partial charge in [-0.05, 0) is 25.7 Å². The van der Waals surface area contributed by atoms with Gasteiger partial charge in [0.05, 0.1) is 6.10 Å². The highest BCUT2D eigenvalue weighted by Crippen LogP contribution is 2.18. The lowest BCUT2D eigenvalue weighted by atomic mass is 9.92. The summed E-state index contributed by atoms with van der Waals surface area (Å²) in [5, 5.41) is 9.68. The van der Waals surface area contributed by atoms with Crippen molar-refractivity contribution in [3.63, 3.8) is 0 Å². The van der Waals surface area contributed by atoms with Crippen molar-refractivity contribution in [2.24, 2.45) is 5.92 Å². The van der Waals surface area contributed by atoms with Gasteiger partial charge in [0.15, 0.2) is 0 Å². The van der Waals surface area contributed by atoms with Crippen LogP contribution in [-0.2, 0) is 0 Å². The molecule has 0 spiro atoms. The molecule has 0 amide bonds. The molecule has 0 aliphatic heterocycles. The molecule has 1 nitrogen and oxygen atoms in total. The maximum atomic E-state index is 9.68. The fourth-order valence-corrected chi connectivity index (χ4v) is 1.58. The van der Waals surface area contributed by atoms with Gasteiger partial charge in [0.2, 0.25) is 0 Å². The lowest BCUT2D eigenvalue weighted by Crippen LogP contribution is -2.17. The maximum Gasteiger partial charge on any atom is 0.0748 e. The second-order valence-electron chi connectivity index (χ2n) is 3.35. The van der Waals surface area contributed by atoms with Crippen LogP contribution in [0.2, 0.25) is 0 Å². The summed E-state index contributed by atoms with van der Waals surface area (Å²) in [5.74, 6) is 0.469. The van der Waals surface area contributed by atoms with E-state index in [0.29, 0.717) is 5.92 Å². The van der Waals surface area contributed by atoms with Crippen LogP contribution in [0.4, 0.5) is 0 Å². The highest BCUT2D eigenvalue weighted by atomic mass is 16.3. The maximum absolute atomic E-state index is 9.68. The zero-order valence-corrected chi connectivity index (χ0v) is 8.59. The Labute approximate surface area is 76.5 Å². The molecular weight excluding hydrogens is 148 g/mol. The third-order valence-corrected chi connectivity index (χ3v) is 2.19. The first-order chi connectivity index (χ1) is 5.76. The van der Waals surface area contributed by atoms with Crippen molar-refractivity contribution < 1.29 is 5.11 Å². The first-order valence-corrected chi connectivity index (χ1v) is 5.07. The Morgan fingerprint density at radius 3 is 2.00 bits per heavy atom. The normalized spacial score (nSPS) is 14.4. The Bertz CT molecular complexity index is 112. The van der Waals surface area contributed by atoms with Gasteiger partial charge in [-0.3, -0.25) is 0 Å². The largest absolute Gasteiger partial charge is 0.389 e. The topological polar surface area (TPSA) is 20.2 Å². The van der Waals surface area contributed by atoms with Crippen LogP contribution >= 0.6 is 0 Å². The van der Waals surface area contributed by atoms with E-state index in [1.165, 1.54) is 12.8 Å². The van der Waals surface area contributed by atoms with Crippen molar-refractivity contribution in [3.8, 4) is 0 Å². The molecule has 0 bridgehead atoms. The summed E-state index contributed by atoms with van der Waals surface area (Å²) in [7, 11) is 0. The number of aliphatic hydroxyl groups excluding tert-OH is 1. The Balaban J connectivity index is 3.89. The molecule has 1 heteroatoms. The molecule has 0 fully saturated rings. The second-order valence-corrected chi connectivity index (χ2v) is 3.35. The number of allylic oxidation sites excluding steroid dienone is 1. The molecular formula is C11H22O. The summed E-state index contributed by atoms with van der Waals surface area (Å²) in [6.07, 6.45) is 8.21. The number of rotatable bonds is 6. The monoisotopic (exact) mass is 170 g/mol. The van der Waals surface area contributed by atoms with E-state index in [2.05, 4.69) is 13.8 Å². The SMILES string of the molecule is C/C=C/C(O)C(CCC)CCC. The van der Waals surface area contributed by atoms with Gasteiger partial charge in [0.1, 0.15) is 0 Å². The average Bonchev–Trinajstić information content (AvgIpc) is 2.04. The van der Waals surface area contributed by atoms with Crippen LogP contribution in [0.5, 0.6) is 0 Å². The zero-order chi connectivity index (χ0) is 9.40. The molecule has 1 atom stereocenters. The van der Waals surface area contributed by atoms with E-state index in [4.69, 9.17) is 0 Å². The standard InChI is InChI=1S/C11H22O/c1-4-7-10(8-5-2)11(12)9-6-3/h6,9-12H,4-5,7-8H2,1-3H3/b9-6+. The summed E-state index contributed by atoms with van der Waals surface area (Å²) >= 11 is 0. The number of hydrogen-bond donors (Lipinski definition) is 1. The molecule has 0 aromatic rings. The van der Waals surface area contributed by atoms with Gasteiger partial charge in [0, 0.05) is 0 Å². The van der Waals surface area contributed by atoms with Gasteiger partial charge in [-0.2, -0.15) is 0 Å². The van der Waals surface area contributed by atoms with Crippen LogP contribution in [0.25, 0.3) is 0 Å². The Kier molecular flexibility index (Phi) is 7.17. The van der Waals surface area contributed by atoms with Gasteiger partial charge < -0.3 is 5.11 Å². The minimum Gasteiger partial charge on any atom is -0.389 e. The third kappa shape index (κ3) is 4.55. The van der Waals surface area contributed by atoms with E-state index in [-0.39, 0.29) is 6.10 Å². The predicted molar refractivity (Wildman–Crippen MR) is 54.1 cm³/mol. The molecule has 0 saturated carbocycles. The molecule has 1 N–H and O–H groups in total. The lowest BCUT2D eigenvalue weighted by molar-refractivity contribution is 0.139. The van der Waals surface area contributed by atoms with Crippen molar-refractivity contribution in [2.45, 2.75) is 52.6 Å². The zero-order valence-electron chi connectivity index (χ0n) is 8.59. The van der Waals surface area contributed by atoms with Gasteiger partial charge in [-0.15, -0.1) is 0 Å². The van der Waals surface area contributed by atoms with E-state index >= 15 is 0 Å². The van der Waals surface area contributed by atoms with Crippen LogP contribution in [0, 0.1) is 5.92 Å². The summed E-state index contributed by atoms with van der Waals surface area (Å²) < 4.78 is 0. The lowest BCUT2D eigenvalue weighted by Gasteiger charge is -2.18. The first-order valence-electron chi connectivity index (χ1n) is 5.07. The molecule has 72 valence electrons. The molecule has 0 saturated heterocycles. The van der Waals surface area contributed by atoms with Crippen LogP contribution in [0.15, 0.2) is 12.2 Å². The molecule has 1 unspecified atom stereocenters. The molecule has 0 radical (unpaired) electrons. The molecule has 0 aromatic carbocycles. The second kappa shape index (κ2) is 7.35. The van der Waals surface area contributed by atoms with E-state index in [1.54, 1.807) is 0 Å². The average molecular weight is 170 g/mol. The molecule has 0 aliphatic carbocycles. The highest BCUT2D eigenvalue weighted by Gasteiger charge is 2.13. The first kappa shape index (κ1) is 11.7. The summed E-state index contributed by atoms with van der Waals surface area (Å²) in [5.41, 5.74) is 0. The molecule has 0 aliphatic rings. The number of aliphatic hydroxyl groups is 1. The third-order valence-electron chi connectivity index (χ3n) is 2.19. The fraction of sp³-hybridized carbons (Fsp3) is 0.818. The smallest absolute Gasteiger partial charge is 0.0748 e. The predicted octanol–water partition coefficient (Wildman–Crippen LogP) is 3.14. The van der Waals surface area contributed by atoms with E-state index < -0.39 is 0 Å². The quantitative estimate of drug-likeness (QED) is 0.607. The van der Waals surface area contributed by atoms with Crippen LogP contribution in [0.1, 0.15) is 46.5 Å². The Hall–Kier alpha value is -0.300. The van der Waals surface area contributed by atoms with Crippen molar-refractivity contribution in [2.75, 3.05) is 0 Å². The van der Waals surface area contributed by atoms with Crippen LogP contribution in [0.3, 0.4) is 0 Å². The molecule has 0 aromatic heterocycles. The van der Waals surface area contributed by atoms with Crippen LogP contribution < -0.4 is 0 Å². The minimum atomic E-state index is -0.227. The van der Waals surface area contributed by atoms with Gasteiger partial charge in [-0.1, -0.05) is 38.8 Å². The fourth-order valence-electron chi connectivity index (χ4n) is 1.58. The number of hydrogen-bond acceptors (Lipinski definition) is 1. The van der Waals surface area contributed by atoms with Gasteiger partial charge >= 0.3 is 0 Å². The molecule has 12 heavy (non-hydrogen) atoms. The van der Waals surface area contributed by atoms with Crippen molar-refractivity contribution in [1.29, 1.82) is 0 Å². The summed E-state index contributed by atoms with van der Waals surface area (Å²) in [6.45, 7) is 6.30. The molecule has 0 rings (SSSR count). The van der Waals surface area contributed by atoms with E-state index in [9.17, 15) is 5.11 Å². The van der Waals surface area contributed by atoms with Gasteiger partial charge in [0.25, 0.3) is 0 Å². The molecule has 0 heterocycles.